The number of hydrogen-bond acceptors (Lipinski definition) is 3. The molecular formula is C11H22N2O2. The van der Waals surface area contributed by atoms with Crippen LogP contribution in [0.1, 0.15) is 26.7 Å². The van der Waals surface area contributed by atoms with Crippen LogP contribution in [0.15, 0.2) is 0 Å². The van der Waals surface area contributed by atoms with Gasteiger partial charge in [-0.15, -0.1) is 0 Å². The van der Waals surface area contributed by atoms with Crippen molar-refractivity contribution in [2.75, 3.05) is 26.7 Å². The number of hydrogen-bond donors (Lipinski definition) is 1. The van der Waals surface area contributed by atoms with Crippen molar-refractivity contribution in [1.82, 2.24) is 9.80 Å². The molecule has 0 saturated carbocycles. The van der Waals surface area contributed by atoms with Gasteiger partial charge in [0, 0.05) is 18.6 Å². The fraction of sp³-hybridized carbons (Fsp3) is 0.909. The van der Waals surface area contributed by atoms with Crippen LogP contribution in [0.25, 0.3) is 0 Å². The van der Waals surface area contributed by atoms with Gasteiger partial charge >= 0.3 is 5.97 Å². The summed E-state index contributed by atoms with van der Waals surface area (Å²) in [7, 11) is 2.12. The first-order chi connectivity index (χ1) is 7.00. The van der Waals surface area contributed by atoms with Crippen molar-refractivity contribution in [3.05, 3.63) is 0 Å². The second kappa shape index (κ2) is 5.47. The lowest BCUT2D eigenvalue weighted by molar-refractivity contribution is -0.138. The fourth-order valence-electron chi connectivity index (χ4n) is 2.12. The molecule has 1 fully saturated rings. The molecule has 1 rings (SSSR count). The summed E-state index contributed by atoms with van der Waals surface area (Å²) in [6.45, 7) is 6.35. The highest BCUT2D eigenvalue weighted by Crippen LogP contribution is 2.16. The highest BCUT2D eigenvalue weighted by molar-refractivity contribution is 5.69. The Morgan fingerprint density at radius 2 is 2.27 bits per heavy atom. The molecule has 4 heteroatoms. The number of likely N-dealkylation sites (tertiary alicyclic amines) is 1. The van der Waals surface area contributed by atoms with Gasteiger partial charge < -0.3 is 5.11 Å². The molecular weight excluding hydrogens is 192 g/mol. The first kappa shape index (κ1) is 12.5. The number of carboxylic acid groups (broad SMARTS) is 1. The van der Waals surface area contributed by atoms with E-state index in [2.05, 4.69) is 25.8 Å². The van der Waals surface area contributed by atoms with Crippen molar-refractivity contribution < 1.29 is 9.90 Å². The molecule has 15 heavy (non-hydrogen) atoms. The van der Waals surface area contributed by atoms with E-state index in [1.165, 1.54) is 6.42 Å². The molecule has 0 bridgehead atoms. The largest absolute Gasteiger partial charge is 0.480 e. The average Bonchev–Trinajstić information content (AvgIpc) is 2.16. The third-order valence-corrected chi connectivity index (χ3v) is 3.23. The van der Waals surface area contributed by atoms with Gasteiger partial charge in [-0.1, -0.05) is 0 Å². The third-order valence-electron chi connectivity index (χ3n) is 3.23. The zero-order valence-corrected chi connectivity index (χ0v) is 9.94. The molecule has 0 aromatic carbocycles. The van der Waals surface area contributed by atoms with Gasteiger partial charge in [0.05, 0.1) is 6.54 Å². The Morgan fingerprint density at radius 1 is 1.60 bits per heavy atom. The molecule has 1 N–H and O–H groups in total. The molecule has 0 amide bonds. The van der Waals surface area contributed by atoms with Gasteiger partial charge in [0.25, 0.3) is 0 Å². The second-order valence-corrected chi connectivity index (χ2v) is 4.68. The molecule has 1 saturated heterocycles. The second-order valence-electron chi connectivity index (χ2n) is 4.68. The summed E-state index contributed by atoms with van der Waals surface area (Å²) in [6.07, 6.45) is 2.29. The Kier molecular flexibility index (Phi) is 4.54. The van der Waals surface area contributed by atoms with Crippen LogP contribution in [0.4, 0.5) is 0 Å². The molecule has 1 aliphatic rings. The lowest BCUT2D eigenvalue weighted by Crippen LogP contribution is -2.49. The normalized spacial score (nSPS) is 23.7. The highest BCUT2D eigenvalue weighted by atomic mass is 16.4. The summed E-state index contributed by atoms with van der Waals surface area (Å²) in [5, 5.41) is 8.74. The van der Waals surface area contributed by atoms with E-state index in [1.54, 1.807) is 0 Å². The van der Waals surface area contributed by atoms with Gasteiger partial charge in [0.15, 0.2) is 0 Å². The van der Waals surface area contributed by atoms with Crippen LogP contribution in [0.5, 0.6) is 0 Å². The van der Waals surface area contributed by atoms with Gasteiger partial charge in [0.2, 0.25) is 0 Å². The van der Waals surface area contributed by atoms with E-state index in [-0.39, 0.29) is 6.54 Å². The Labute approximate surface area is 91.9 Å². The highest BCUT2D eigenvalue weighted by Gasteiger charge is 2.25. The summed E-state index contributed by atoms with van der Waals surface area (Å²) in [5.74, 6) is -0.720. The minimum atomic E-state index is -0.720. The van der Waals surface area contributed by atoms with Crippen LogP contribution in [-0.4, -0.2) is 59.6 Å². The van der Waals surface area contributed by atoms with Crippen LogP contribution < -0.4 is 0 Å². The number of carboxylic acids is 1. The lowest BCUT2D eigenvalue weighted by Gasteiger charge is -2.38. The van der Waals surface area contributed by atoms with E-state index in [4.69, 9.17) is 5.11 Å². The molecule has 1 unspecified atom stereocenters. The number of rotatable bonds is 4. The van der Waals surface area contributed by atoms with Crippen LogP contribution in [0.2, 0.25) is 0 Å². The number of nitrogens with zero attached hydrogens (tertiary/aromatic N) is 2. The van der Waals surface area contributed by atoms with Gasteiger partial charge in [0.1, 0.15) is 0 Å². The lowest BCUT2D eigenvalue weighted by atomic mass is 10.0. The van der Waals surface area contributed by atoms with E-state index in [0.29, 0.717) is 12.1 Å². The summed E-state index contributed by atoms with van der Waals surface area (Å²) >= 11 is 0. The number of carbonyl (C=O) groups is 1. The van der Waals surface area contributed by atoms with Crippen molar-refractivity contribution in [3.8, 4) is 0 Å². The quantitative estimate of drug-likeness (QED) is 0.754. The Balaban J connectivity index is 2.44. The van der Waals surface area contributed by atoms with Gasteiger partial charge in [-0.05, 0) is 40.3 Å². The molecule has 0 aliphatic carbocycles. The summed E-state index contributed by atoms with van der Waals surface area (Å²) in [6, 6.07) is 1.04. The van der Waals surface area contributed by atoms with E-state index in [0.717, 1.165) is 19.5 Å². The van der Waals surface area contributed by atoms with Gasteiger partial charge in [-0.3, -0.25) is 14.6 Å². The Bertz CT molecular complexity index is 219. The predicted molar refractivity (Wildman–Crippen MR) is 60.0 cm³/mol. The average molecular weight is 214 g/mol. The number of likely N-dealkylation sites (N-methyl/N-ethyl adjacent to an activating group) is 1. The maximum atomic E-state index is 10.6. The van der Waals surface area contributed by atoms with E-state index >= 15 is 0 Å². The van der Waals surface area contributed by atoms with Crippen LogP contribution in [-0.2, 0) is 4.79 Å². The molecule has 1 atom stereocenters. The Morgan fingerprint density at radius 3 is 2.80 bits per heavy atom. The molecule has 0 radical (unpaired) electrons. The molecule has 1 heterocycles. The molecule has 0 aromatic rings. The van der Waals surface area contributed by atoms with Crippen molar-refractivity contribution in [2.45, 2.75) is 38.8 Å². The predicted octanol–water partition coefficient (Wildman–Crippen LogP) is 0.876. The third kappa shape index (κ3) is 3.80. The van der Waals surface area contributed by atoms with E-state index < -0.39 is 5.97 Å². The summed E-state index contributed by atoms with van der Waals surface area (Å²) < 4.78 is 0. The topological polar surface area (TPSA) is 43.8 Å². The Hall–Kier alpha value is -0.610. The van der Waals surface area contributed by atoms with Gasteiger partial charge in [-0.2, -0.15) is 0 Å². The summed E-state index contributed by atoms with van der Waals surface area (Å²) in [5.41, 5.74) is 0. The standard InChI is InChI=1S/C11H22N2O2/c1-9(2)12(3)10-5-4-6-13(7-10)8-11(14)15/h9-10H,4-8H2,1-3H3,(H,14,15). The first-order valence-corrected chi connectivity index (χ1v) is 5.66. The first-order valence-electron chi connectivity index (χ1n) is 5.66. The zero-order chi connectivity index (χ0) is 11.4. The van der Waals surface area contributed by atoms with Crippen molar-refractivity contribution >= 4 is 5.97 Å². The van der Waals surface area contributed by atoms with E-state index in [9.17, 15) is 4.79 Å². The fourth-order valence-corrected chi connectivity index (χ4v) is 2.12. The maximum Gasteiger partial charge on any atom is 0.317 e. The van der Waals surface area contributed by atoms with Crippen molar-refractivity contribution in [3.63, 3.8) is 0 Å². The number of piperidine rings is 1. The van der Waals surface area contributed by atoms with E-state index in [1.807, 2.05) is 4.90 Å². The molecule has 0 aromatic heterocycles. The minimum absolute atomic E-state index is 0.183. The summed E-state index contributed by atoms with van der Waals surface area (Å²) in [4.78, 5) is 15.0. The van der Waals surface area contributed by atoms with Crippen LogP contribution in [0.3, 0.4) is 0 Å². The number of aliphatic carboxylic acids is 1. The molecule has 1 aliphatic heterocycles. The molecule has 4 nitrogen and oxygen atoms in total. The molecule has 0 spiro atoms. The van der Waals surface area contributed by atoms with Crippen LogP contribution >= 0.6 is 0 Å². The molecule has 88 valence electrons. The van der Waals surface area contributed by atoms with Gasteiger partial charge in [-0.25, -0.2) is 0 Å². The SMILES string of the molecule is CC(C)N(C)C1CCCN(CC(=O)O)C1. The minimum Gasteiger partial charge on any atom is -0.480 e. The van der Waals surface area contributed by atoms with Crippen molar-refractivity contribution in [2.24, 2.45) is 0 Å². The van der Waals surface area contributed by atoms with Crippen molar-refractivity contribution in [1.29, 1.82) is 0 Å². The zero-order valence-electron chi connectivity index (χ0n) is 9.94. The van der Waals surface area contributed by atoms with Crippen LogP contribution in [0, 0.1) is 0 Å². The maximum absolute atomic E-state index is 10.6. The monoisotopic (exact) mass is 214 g/mol. The smallest absolute Gasteiger partial charge is 0.317 e.